The molecule has 8 heteroatoms. The molecule has 0 spiro atoms. The minimum absolute atomic E-state index is 0. The van der Waals surface area contributed by atoms with Gasteiger partial charge in [0, 0.05) is 32.2 Å². The van der Waals surface area contributed by atoms with E-state index in [1.807, 2.05) is 0 Å². The van der Waals surface area contributed by atoms with Crippen molar-refractivity contribution in [2.24, 2.45) is 5.92 Å². The van der Waals surface area contributed by atoms with E-state index in [-0.39, 0.29) is 35.9 Å². The first kappa shape index (κ1) is 22.8. The largest absolute Gasteiger partial charge is 0.417 e. The average molecular weight is 420 g/mol. The zero-order chi connectivity index (χ0) is 16.4. The molecule has 0 bridgehead atoms. The number of alkyl halides is 3. The van der Waals surface area contributed by atoms with Crippen molar-refractivity contribution in [1.82, 2.24) is 10.2 Å². The summed E-state index contributed by atoms with van der Waals surface area (Å²) < 4.78 is 39.6. The summed E-state index contributed by atoms with van der Waals surface area (Å²) >= 11 is 6.22. The van der Waals surface area contributed by atoms with Gasteiger partial charge in [-0.1, -0.05) is 36.6 Å². The zero-order valence-corrected chi connectivity index (χ0v) is 16.2. The monoisotopic (exact) mass is 418 g/mol. The Morgan fingerprint density at radius 3 is 2.24 bits per heavy atom. The van der Waals surface area contributed by atoms with Gasteiger partial charge in [0.15, 0.2) is 0 Å². The molecule has 1 aliphatic heterocycles. The first-order valence-corrected chi connectivity index (χ1v) is 8.66. The molecule has 0 radical (unpaired) electrons. The summed E-state index contributed by atoms with van der Waals surface area (Å²) in [5, 5.41) is 3.19. The standard InChI is InChI=1S/C17H22ClF3N2.2ClH/c18-15-13(6-3-7-14(15)17(19,20)21)16(12-4-1-2-5-12)23-10-8-22-9-11-23;;/h3,6-7,12,16,22H,1-2,4-5,8-11H2;2*1H/t16-;;/m1../s1. The van der Waals surface area contributed by atoms with Crippen LogP contribution in [0.15, 0.2) is 18.2 Å². The third-order valence-electron chi connectivity index (χ3n) is 5.04. The fourth-order valence-electron chi connectivity index (χ4n) is 3.98. The van der Waals surface area contributed by atoms with Crippen molar-refractivity contribution in [3.63, 3.8) is 0 Å². The maximum Gasteiger partial charge on any atom is 0.417 e. The molecule has 0 aromatic heterocycles. The maximum atomic E-state index is 13.2. The van der Waals surface area contributed by atoms with Crippen molar-refractivity contribution in [1.29, 1.82) is 0 Å². The number of hydrogen-bond donors (Lipinski definition) is 1. The first-order chi connectivity index (χ1) is 11.0. The van der Waals surface area contributed by atoms with Crippen molar-refractivity contribution in [3.05, 3.63) is 34.3 Å². The number of nitrogens with zero attached hydrogens (tertiary/aromatic N) is 1. The van der Waals surface area contributed by atoms with Crippen LogP contribution in [0.2, 0.25) is 5.02 Å². The molecular formula is C17H24Cl3F3N2. The summed E-state index contributed by atoms with van der Waals surface area (Å²) in [7, 11) is 0. The van der Waals surface area contributed by atoms with Gasteiger partial charge in [-0.3, -0.25) is 4.90 Å². The second-order valence-corrected chi connectivity index (χ2v) is 6.86. The lowest BCUT2D eigenvalue weighted by Crippen LogP contribution is -2.46. The van der Waals surface area contributed by atoms with Gasteiger partial charge in [-0.2, -0.15) is 13.2 Å². The summed E-state index contributed by atoms with van der Waals surface area (Å²) in [6.45, 7) is 3.46. The molecule has 2 fully saturated rings. The van der Waals surface area contributed by atoms with Gasteiger partial charge in [-0.15, -0.1) is 24.8 Å². The molecule has 1 N–H and O–H groups in total. The second-order valence-electron chi connectivity index (χ2n) is 6.48. The van der Waals surface area contributed by atoms with Crippen molar-refractivity contribution in [2.45, 2.75) is 37.9 Å². The SMILES string of the molecule is Cl.Cl.FC(F)(F)c1cccc([C@@H](C2CCCC2)N2CCNCC2)c1Cl. The van der Waals surface area contributed by atoms with Crippen LogP contribution >= 0.6 is 36.4 Å². The molecular weight excluding hydrogens is 396 g/mol. The van der Waals surface area contributed by atoms with Gasteiger partial charge in [0.05, 0.1) is 10.6 Å². The molecule has 144 valence electrons. The first-order valence-electron chi connectivity index (χ1n) is 8.29. The Morgan fingerprint density at radius 1 is 1.08 bits per heavy atom. The van der Waals surface area contributed by atoms with Gasteiger partial charge in [-0.05, 0) is 30.4 Å². The number of piperazine rings is 1. The molecule has 2 nitrogen and oxygen atoms in total. The smallest absolute Gasteiger partial charge is 0.314 e. The van der Waals surface area contributed by atoms with E-state index in [9.17, 15) is 13.2 Å². The van der Waals surface area contributed by atoms with Gasteiger partial charge in [-0.25, -0.2) is 0 Å². The molecule has 0 amide bonds. The van der Waals surface area contributed by atoms with Crippen LogP contribution in [0, 0.1) is 5.92 Å². The highest BCUT2D eigenvalue weighted by Gasteiger charge is 2.38. The van der Waals surface area contributed by atoms with Crippen LogP contribution in [0.3, 0.4) is 0 Å². The Labute approximate surface area is 164 Å². The minimum atomic E-state index is -4.41. The van der Waals surface area contributed by atoms with Gasteiger partial charge in [0.1, 0.15) is 0 Å². The minimum Gasteiger partial charge on any atom is -0.314 e. The fourth-order valence-corrected chi connectivity index (χ4v) is 4.32. The predicted molar refractivity (Wildman–Crippen MR) is 100 cm³/mol. The lowest BCUT2D eigenvalue weighted by molar-refractivity contribution is -0.137. The Bertz CT molecular complexity index is 542. The lowest BCUT2D eigenvalue weighted by atomic mass is 9.88. The van der Waals surface area contributed by atoms with Crippen molar-refractivity contribution >= 4 is 36.4 Å². The van der Waals surface area contributed by atoms with E-state index in [4.69, 9.17) is 11.6 Å². The highest BCUT2D eigenvalue weighted by molar-refractivity contribution is 6.32. The number of hydrogen-bond acceptors (Lipinski definition) is 2. The summed E-state index contributed by atoms with van der Waals surface area (Å²) in [6, 6.07) is 4.35. The fraction of sp³-hybridized carbons (Fsp3) is 0.647. The molecule has 1 aliphatic carbocycles. The summed E-state index contributed by atoms with van der Waals surface area (Å²) in [5.41, 5.74) is -0.0647. The third-order valence-corrected chi connectivity index (χ3v) is 5.47. The molecule has 1 heterocycles. The summed E-state index contributed by atoms with van der Waals surface area (Å²) in [6.07, 6.45) is 0.0484. The molecule has 3 rings (SSSR count). The van der Waals surface area contributed by atoms with E-state index >= 15 is 0 Å². The summed E-state index contributed by atoms with van der Waals surface area (Å²) in [4.78, 5) is 2.31. The molecule has 1 saturated carbocycles. The molecule has 0 unspecified atom stereocenters. The van der Waals surface area contributed by atoms with Crippen LogP contribution in [0.4, 0.5) is 13.2 Å². The zero-order valence-electron chi connectivity index (χ0n) is 13.8. The lowest BCUT2D eigenvalue weighted by Gasteiger charge is -2.39. The van der Waals surface area contributed by atoms with Crippen molar-refractivity contribution in [2.75, 3.05) is 26.2 Å². The van der Waals surface area contributed by atoms with Crippen molar-refractivity contribution < 1.29 is 13.2 Å². The average Bonchev–Trinajstić information content (AvgIpc) is 3.03. The third kappa shape index (κ3) is 5.16. The molecule has 1 atom stereocenters. The molecule has 1 aromatic carbocycles. The Hall–Kier alpha value is -0.200. The number of nitrogens with one attached hydrogen (secondary N) is 1. The maximum absolute atomic E-state index is 13.2. The molecule has 1 aromatic rings. The predicted octanol–water partition coefficient (Wildman–Crippen LogP) is 5.34. The highest BCUT2D eigenvalue weighted by Crippen LogP contribution is 2.45. The van der Waals surface area contributed by atoms with Crippen LogP contribution in [0.5, 0.6) is 0 Å². The van der Waals surface area contributed by atoms with E-state index < -0.39 is 11.7 Å². The van der Waals surface area contributed by atoms with E-state index in [1.54, 1.807) is 6.07 Å². The Balaban J connectivity index is 0.00000156. The number of benzene rings is 1. The molecule has 2 aliphatic rings. The van der Waals surface area contributed by atoms with Crippen molar-refractivity contribution in [3.8, 4) is 0 Å². The topological polar surface area (TPSA) is 15.3 Å². The van der Waals surface area contributed by atoms with Crippen LogP contribution in [-0.4, -0.2) is 31.1 Å². The summed E-state index contributed by atoms with van der Waals surface area (Å²) in [5.74, 6) is 0.397. The van der Waals surface area contributed by atoms with E-state index in [0.29, 0.717) is 11.5 Å². The normalized spacial score (nSPS) is 20.6. The van der Waals surface area contributed by atoms with Gasteiger partial charge < -0.3 is 5.32 Å². The molecule has 1 saturated heterocycles. The second kappa shape index (κ2) is 9.65. The van der Waals surface area contributed by atoms with Gasteiger partial charge in [0.2, 0.25) is 0 Å². The van der Waals surface area contributed by atoms with E-state index in [1.165, 1.54) is 6.07 Å². The van der Waals surface area contributed by atoms with Gasteiger partial charge in [0.25, 0.3) is 0 Å². The van der Waals surface area contributed by atoms with Crippen LogP contribution in [0.1, 0.15) is 42.9 Å². The van der Waals surface area contributed by atoms with E-state index in [2.05, 4.69) is 10.2 Å². The number of rotatable bonds is 3. The van der Waals surface area contributed by atoms with Crippen LogP contribution < -0.4 is 5.32 Å². The van der Waals surface area contributed by atoms with Gasteiger partial charge >= 0.3 is 6.18 Å². The number of halogens is 6. The van der Waals surface area contributed by atoms with E-state index in [0.717, 1.165) is 57.9 Å². The Morgan fingerprint density at radius 2 is 1.68 bits per heavy atom. The van der Waals surface area contributed by atoms with Crippen LogP contribution in [0.25, 0.3) is 0 Å². The van der Waals surface area contributed by atoms with Crippen LogP contribution in [-0.2, 0) is 6.18 Å². The highest BCUT2D eigenvalue weighted by atomic mass is 35.5. The molecule has 25 heavy (non-hydrogen) atoms. The Kier molecular flexibility index (Phi) is 8.82. The quantitative estimate of drug-likeness (QED) is 0.711.